The molecule has 0 saturated heterocycles. The number of benzene rings is 2. The Hall–Kier alpha value is -1.18. The van der Waals surface area contributed by atoms with Gasteiger partial charge in [-0.05, 0) is 68.1 Å². The molecule has 2 aromatic carbocycles. The monoisotopic (exact) mass is 322 g/mol. The van der Waals surface area contributed by atoms with E-state index in [0.717, 1.165) is 33.0 Å². The van der Waals surface area contributed by atoms with Gasteiger partial charge in [-0.3, -0.25) is 0 Å². The van der Waals surface area contributed by atoms with E-state index in [4.69, 9.17) is 27.9 Å². The van der Waals surface area contributed by atoms with Crippen LogP contribution >= 0.6 is 23.2 Å². The highest BCUT2D eigenvalue weighted by Crippen LogP contribution is 2.35. The van der Waals surface area contributed by atoms with Crippen LogP contribution in [0.1, 0.15) is 41.5 Å². The summed E-state index contributed by atoms with van der Waals surface area (Å²) in [7, 11) is 0. The van der Waals surface area contributed by atoms with Gasteiger partial charge in [-0.15, -0.1) is 11.6 Å². The molecular formula is C18H20Cl2O. The Balaban J connectivity index is 2.36. The average molecular weight is 323 g/mol. The molecule has 0 N–H and O–H groups in total. The van der Waals surface area contributed by atoms with E-state index in [0.29, 0.717) is 0 Å². The Morgan fingerprint density at radius 2 is 1.71 bits per heavy atom. The van der Waals surface area contributed by atoms with E-state index in [-0.39, 0.29) is 11.5 Å². The minimum Gasteiger partial charge on any atom is -0.491 e. The molecule has 1 atom stereocenters. The van der Waals surface area contributed by atoms with Crippen molar-refractivity contribution in [1.29, 1.82) is 0 Å². The third-order valence-electron chi connectivity index (χ3n) is 3.34. The zero-order valence-electron chi connectivity index (χ0n) is 12.8. The summed E-state index contributed by atoms with van der Waals surface area (Å²) < 4.78 is 5.73. The fraction of sp³-hybridized carbons (Fsp3) is 0.333. The quantitative estimate of drug-likeness (QED) is 0.620. The van der Waals surface area contributed by atoms with Gasteiger partial charge in [0.1, 0.15) is 5.75 Å². The van der Waals surface area contributed by atoms with Crippen molar-refractivity contribution < 1.29 is 4.74 Å². The maximum absolute atomic E-state index is 6.67. The van der Waals surface area contributed by atoms with E-state index in [2.05, 4.69) is 6.07 Å². The summed E-state index contributed by atoms with van der Waals surface area (Å²) in [5.74, 6) is 0.844. The molecule has 3 heteroatoms. The number of halogens is 2. The molecule has 0 bridgehead atoms. The minimum atomic E-state index is -0.211. The second-order valence-corrected chi connectivity index (χ2v) is 6.40. The SMILES string of the molecule is Cc1cc(C(Cl)c2cccc(OC(C)C)c2)c(C)cc1Cl. The second-order valence-electron chi connectivity index (χ2n) is 5.56. The van der Waals surface area contributed by atoms with Gasteiger partial charge in [-0.25, -0.2) is 0 Å². The molecule has 0 spiro atoms. The van der Waals surface area contributed by atoms with Crippen molar-refractivity contribution in [3.63, 3.8) is 0 Å². The fourth-order valence-electron chi connectivity index (χ4n) is 2.27. The highest BCUT2D eigenvalue weighted by Gasteiger charge is 2.15. The molecule has 21 heavy (non-hydrogen) atoms. The molecule has 1 unspecified atom stereocenters. The summed E-state index contributed by atoms with van der Waals surface area (Å²) in [6.07, 6.45) is 0.147. The first-order chi connectivity index (χ1) is 9.88. The van der Waals surface area contributed by atoms with Crippen molar-refractivity contribution >= 4 is 23.2 Å². The first-order valence-electron chi connectivity index (χ1n) is 7.06. The first kappa shape index (κ1) is 16.2. The van der Waals surface area contributed by atoms with E-state index in [1.54, 1.807) is 0 Å². The van der Waals surface area contributed by atoms with E-state index in [1.807, 2.05) is 58.0 Å². The number of ether oxygens (including phenoxy) is 1. The van der Waals surface area contributed by atoms with E-state index in [9.17, 15) is 0 Å². The molecule has 1 nitrogen and oxygen atoms in total. The highest BCUT2D eigenvalue weighted by molar-refractivity contribution is 6.31. The van der Waals surface area contributed by atoms with Crippen molar-refractivity contribution in [2.75, 3.05) is 0 Å². The molecule has 0 amide bonds. The lowest BCUT2D eigenvalue weighted by Crippen LogP contribution is -2.06. The summed E-state index contributed by atoms with van der Waals surface area (Å²) in [6.45, 7) is 8.05. The van der Waals surface area contributed by atoms with Crippen LogP contribution in [-0.2, 0) is 0 Å². The van der Waals surface area contributed by atoms with Gasteiger partial charge in [0.25, 0.3) is 0 Å². The Bertz CT molecular complexity index is 635. The summed E-state index contributed by atoms with van der Waals surface area (Å²) in [6, 6.07) is 12.0. The lowest BCUT2D eigenvalue weighted by Gasteiger charge is -2.17. The van der Waals surface area contributed by atoms with Crippen LogP contribution < -0.4 is 4.74 Å². The molecule has 0 aliphatic heterocycles. The predicted octanol–water partition coefficient (Wildman–Crippen LogP) is 6.07. The van der Waals surface area contributed by atoms with Crippen LogP contribution in [-0.4, -0.2) is 6.10 Å². The Labute approximate surface area is 136 Å². The molecular weight excluding hydrogens is 303 g/mol. The molecule has 0 heterocycles. The third kappa shape index (κ3) is 3.93. The molecule has 0 aromatic heterocycles. The van der Waals surface area contributed by atoms with Crippen molar-refractivity contribution in [2.24, 2.45) is 0 Å². The van der Waals surface area contributed by atoms with Crippen molar-refractivity contribution in [3.8, 4) is 5.75 Å². The van der Waals surface area contributed by atoms with Gasteiger partial charge in [0, 0.05) is 5.02 Å². The maximum Gasteiger partial charge on any atom is 0.120 e. The largest absolute Gasteiger partial charge is 0.491 e. The van der Waals surface area contributed by atoms with Gasteiger partial charge in [-0.2, -0.15) is 0 Å². The molecule has 2 aromatic rings. The highest BCUT2D eigenvalue weighted by atomic mass is 35.5. The average Bonchev–Trinajstić information content (AvgIpc) is 2.41. The van der Waals surface area contributed by atoms with Crippen LogP contribution in [0.25, 0.3) is 0 Å². The summed E-state index contributed by atoms with van der Waals surface area (Å²) >= 11 is 12.8. The molecule has 0 radical (unpaired) electrons. The standard InChI is InChI=1S/C18H20Cl2O/c1-11(2)21-15-7-5-6-14(10-15)18(20)16-8-13(4)17(19)9-12(16)3/h5-11,18H,1-4H3. The van der Waals surface area contributed by atoms with Crippen LogP contribution in [0.4, 0.5) is 0 Å². The normalized spacial score (nSPS) is 12.5. The number of hydrogen-bond acceptors (Lipinski definition) is 1. The zero-order valence-corrected chi connectivity index (χ0v) is 14.3. The van der Waals surface area contributed by atoms with Crippen LogP contribution in [0.2, 0.25) is 5.02 Å². The van der Waals surface area contributed by atoms with Gasteiger partial charge in [0.05, 0.1) is 11.5 Å². The van der Waals surface area contributed by atoms with Crippen LogP contribution in [0.3, 0.4) is 0 Å². The Morgan fingerprint density at radius 1 is 1.00 bits per heavy atom. The number of aryl methyl sites for hydroxylation is 2. The number of alkyl halides is 1. The molecule has 0 aliphatic rings. The van der Waals surface area contributed by atoms with Gasteiger partial charge >= 0.3 is 0 Å². The van der Waals surface area contributed by atoms with Crippen LogP contribution in [0.15, 0.2) is 36.4 Å². The van der Waals surface area contributed by atoms with Crippen LogP contribution in [0, 0.1) is 13.8 Å². The van der Waals surface area contributed by atoms with Crippen molar-refractivity contribution in [2.45, 2.75) is 39.2 Å². The Kier molecular flexibility index (Phi) is 5.18. The predicted molar refractivity (Wildman–Crippen MR) is 90.8 cm³/mol. The van der Waals surface area contributed by atoms with Gasteiger partial charge in [0.15, 0.2) is 0 Å². The lowest BCUT2D eigenvalue weighted by atomic mass is 9.98. The van der Waals surface area contributed by atoms with Crippen molar-refractivity contribution in [1.82, 2.24) is 0 Å². The smallest absolute Gasteiger partial charge is 0.120 e. The molecule has 0 fully saturated rings. The molecule has 0 saturated carbocycles. The topological polar surface area (TPSA) is 9.23 Å². The lowest BCUT2D eigenvalue weighted by molar-refractivity contribution is 0.242. The summed E-state index contributed by atoms with van der Waals surface area (Å²) in [5.41, 5.74) is 4.25. The number of hydrogen-bond donors (Lipinski definition) is 0. The van der Waals surface area contributed by atoms with E-state index in [1.165, 1.54) is 0 Å². The summed E-state index contributed by atoms with van der Waals surface area (Å²) in [5, 5.41) is 0.564. The summed E-state index contributed by atoms with van der Waals surface area (Å²) in [4.78, 5) is 0. The first-order valence-corrected chi connectivity index (χ1v) is 7.87. The number of rotatable bonds is 4. The van der Waals surface area contributed by atoms with Gasteiger partial charge in [-0.1, -0.05) is 29.8 Å². The van der Waals surface area contributed by atoms with Gasteiger partial charge in [0.2, 0.25) is 0 Å². The second kappa shape index (κ2) is 6.72. The third-order valence-corrected chi connectivity index (χ3v) is 4.24. The van der Waals surface area contributed by atoms with E-state index >= 15 is 0 Å². The van der Waals surface area contributed by atoms with E-state index < -0.39 is 0 Å². The fourth-order valence-corrected chi connectivity index (χ4v) is 2.86. The maximum atomic E-state index is 6.67. The molecule has 112 valence electrons. The van der Waals surface area contributed by atoms with Crippen molar-refractivity contribution in [3.05, 3.63) is 63.7 Å². The minimum absolute atomic E-state index is 0.147. The Morgan fingerprint density at radius 3 is 2.38 bits per heavy atom. The van der Waals surface area contributed by atoms with Crippen LogP contribution in [0.5, 0.6) is 5.75 Å². The molecule has 0 aliphatic carbocycles. The molecule has 2 rings (SSSR count). The zero-order chi connectivity index (χ0) is 15.6. The van der Waals surface area contributed by atoms with Gasteiger partial charge < -0.3 is 4.74 Å².